The van der Waals surface area contributed by atoms with Crippen LogP contribution in [0, 0.1) is 6.92 Å². The molecule has 0 unspecified atom stereocenters. The van der Waals surface area contributed by atoms with Crippen LogP contribution in [-0.4, -0.2) is 22.6 Å². The van der Waals surface area contributed by atoms with Crippen molar-refractivity contribution >= 4 is 29.5 Å². The van der Waals surface area contributed by atoms with E-state index in [1.807, 2.05) is 6.07 Å². The third kappa shape index (κ3) is 4.10. The minimum atomic E-state index is -0.243. The van der Waals surface area contributed by atoms with Crippen LogP contribution in [-0.2, 0) is 6.42 Å². The quantitative estimate of drug-likeness (QED) is 0.582. The maximum Gasteiger partial charge on any atom is 0.279 e. The van der Waals surface area contributed by atoms with Crippen molar-refractivity contribution < 1.29 is 0 Å². The molecule has 158 valence electrons. The van der Waals surface area contributed by atoms with Gasteiger partial charge in [-0.15, -0.1) is 0 Å². The van der Waals surface area contributed by atoms with E-state index in [0.29, 0.717) is 22.7 Å². The van der Waals surface area contributed by atoms with Gasteiger partial charge in [-0.3, -0.25) is 4.79 Å². The Kier molecular flexibility index (Phi) is 5.06. The molecular weight excluding hydrogens is 386 g/mol. The van der Waals surface area contributed by atoms with Crippen LogP contribution in [0.2, 0.25) is 0 Å². The van der Waals surface area contributed by atoms with Crippen LogP contribution in [0.25, 0.3) is 6.58 Å². The van der Waals surface area contributed by atoms with E-state index in [1.54, 1.807) is 0 Å². The molecule has 2 N–H and O–H groups in total. The minimum Gasteiger partial charge on any atom is -0.382 e. The number of hydrogen-bond donors (Lipinski definition) is 2. The topological polar surface area (TPSA) is 73.4 Å². The van der Waals surface area contributed by atoms with Crippen molar-refractivity contribution in [2.24, 2.45) is 4.99 Å². The number of nitrogens with one attached hydrogen (secondary N) is 2. The van der Waals surface area contributed by atoms with E-state index in [0.717, 1.165) is 48.4 Å². The molecule has 2 heterocycles. The maximum atomic E-state index is 12.6. The molecule has 0 spiro atoms. The molecule has 1 aromatic heterocycles. The highest BCUT2D eigenvalue weighted by atomic mass is 16.1. The van der Waals surface area contributed by atoms with E-state index < -0.39 is 0 Å². The number of unbranched alkanes of at least 4 members (excludes halogenated alkanes) is 1. The third-order valence-corrected chi connectivity index (χ3v) is 5.90. The average molecular weight is 414 g/mol. The largest absolute Gasteiger partial charge is 0.382 e. The van der Waals surface area contributed by atoms with Crippen molar-refractivity contribution in [3.05, 3.63) is 74.8 Å². The fourth-order valence-electron chi connectivity index (χ4n) is 4.08. The lowest BCUT2D eigenvalue weighted by molar-refractivity contribution is 0.722. The van der Waals surface area contributed by atoms with Crippen LogP contribution in [0.1, 0.15) is 36.8 Å². The number of H-pyrrole nitrogens is 1. The van der Waals surface area contributed by atoms with E-state index in [4.69, 9.17) is 0 Å². The van der Waals surface area contributed by atoms with Crippen molar-refractivity contribution in [3.8, 4) is 0 Å². The van der Waals surface area contributed by atoms with Crippen LogP contribution >= 0.6 is 0 Å². The fraction of sp³-hybridized carbons (Fsp3) is 0.320. The summed E-state index contributed by atoms with van der Waals surface area (Å²) in [7, 11) is 0. The molecule has 0 atom stereocenters. The van der Waals surface area contributed by atoms with Gasteiger partial charge in [-0.25, -0.2) is 9.98 Å². The summed E-state index contributed by atoms with van der Waals surface area (Å²) in [6, 6.07) is 15.3. The van der Waals surface area contributed by atoms with E-state index in [1.165, 1.54) is 18.4 Å². The van der Waals surface area contributed by atoms with Crippen molar-refractivity contribution in [1.29, 1.82) is 0 Å². The molecule has 3 aromatic rings. The number of hydrogen-bond acceptors (Lipinski definition) is 5. The molecule has 0 radical (unpaired) electrons. The molecule has 0 bridgehead atoms. The molecule has 1 aliphatic carbocycles. The molecule has 1 fully saturated rings. The summed E-state index contributed by atoms with van der Waals surface area (Å²) in [6.07, 6.45) is 5.50. The highest BCUT2D eigenvalue weighted by Crippen LogP contribution is 2.40. The monoisotopic (exact) mass is 413 g/mol. The van der Waals surface area contributed by atoms with Gasteiger partial charge in [-0.1, -0.05) is 36.9 Å². The van der Waals surface area contributed by atoms with Gasteiger partial charge in [0.2, 0.25) is 0 Å². The van der Waals surface area contributed by atoms with Gasteiger partial charge in [0.25, 0.3) is 5.56 Å². The first-order valence-electron chi connectivity index (χ1n) is 11.0. The molecule has 2 aliphatic rings. The zero-order chi connectivity index (χ0) is 21.4. The Bertz CT molecular complexity index is 1280. The molecule has 1 aliphatic heterocycles. The number of aryl methyl sites for hydroxylation is 2. The second-order valence-corrected chi connectivity index (χ2v) is 8.47. The minimum absolute atomic E-state index is 0.243. The van der Waals surface area contributed by atoms with Crippen molar-refractivity contribution in [3.63, 3.8) is 0 Å². The van der Waals surface area contributed by atoms with E-state index >= 15 is 0 Å². The third-order valence-electron chi connectivity index (χ3n) is 5.90. The zero-order valence-corrected chi connectivity index (χ0v) is 17.8. The predicted octanol–water partition coefficient (Wildman–Crippen LogP) is 3.49. The van der Waals surface area contributed by atoms with Gasteiger partial charge in [0.15, 0.2) is 11.2 Å². The lowest BCUT2D eigenvalue weighted by Crippen LogP contribution is -2.42. The Labute approximate surface area is 181 Å². The highest BCUT2D eigenvalue weighted by molar-refractivity contribution is 5.80. The number of benzene rings is 2. The average Bonchev–Trinajstić information content (AvgIpc) is 3.57. The first kappa shape index (κ1) is 19.5. The standard InChI is InChI=1S/C25H27N5O/c1-16-14-21-22(15-20(16)28-19-11-12-19)30(13-7-6-10-18-8-4-3-5-9-18)24-23(29-21)25(31)27-17(2)26-24/h3-5,8-9,14-15,19,28H,2,6-7,10-13H2,1H3,(H,27,31). The molecule has 1 saturated carbocycles. The van der Waals surface area contributed by atoms with Gasteiger partial charge in [0, 0.05) is 18.3 Å². The maximum absolute atomic E-state index is 12.6. The Morgan fingerprint density at radius 1 is 1.19 bits per heavy atom. The predicted molar refractivity (Wildman–Crippen MR) is 125 cm³/mol. The summed E-state index contributed by atoms with van der Waals surface area (Å²) in [4.78, 5) is 26.7. The summed E-state index contributed by atoms with van der Waals surface area (Å²) >= 11 is 0. The number of fused-ring (bicyclic) bond motifs is 2. The van der Waals surface area contributed by atoms with Crippen LogP contribution in [0.15, 0.2) is 52.3 Å². The van der Waals surface area contributed by atoms with Crippen LogP contribution in [0.4, 0.5) is 22.9 Å². The number of anilines is 3. The summed E-state index contributed by atoms with van der Waals surface area (Å²) in [6.45, 7) is 6.70. The fourth-order valence-corrected chi connectivity index (χ4v) is 4.08. The first-order valence-corrected chi connectivity index (χ1v) is 11.0. The number of rotatable bonds is 7. The summed E-state index contributed by atoms with van der Waals surface area (Å²) in [5.41, 5.74) is 5.55. The normalized spacial score (nSPS) is 14.5. The van der Waals surface area contributed by atoms with Crippen molar-refractivity contribution in [2.75, 3.05) is 16.8 Å². The van der Waals surface area contributed by atoms with Gasteiger partial charge in [-0.2, -0.15) is 0 Å². The molecule has 31 heavy (non-hydrogen) atoms. The molecule has 2 aromatic carbocycles. The molecular formula is C25H27N5O. The van der Waals surface area contributed by atoms with Gasteiger partial charge < -0.3 is 15.2 Å². The van der Waals surface area contributed by atoms with Gasteiger partial charge in [-0.05, 0) is 62.3 Å². The second kappa shape index (κ2) is 8.02. The summed E-state index contributed by atoms with van der Waals surface area (Å²) in [5, 5.41) is 3.99. The lowest BCUT2D eigenvalue weighted by Gasteiger charge is -2.29. The smallest absolute Gasteiger partial charge is 0.279 e. The Balaban J connectivity index is 1.47. The molecule has 6 heteroatoms. The van der Waals surface area contributed by atoms with Crippen molar-refractivity contribution in [2.45, 2.75) is 45.1 Å². The van der Waals surface area contributed by atoms with Gasteiger partial charge >= 0.3 is 0 Å². The van der Waals surface area contributed by atoms with E-state index in [2.05, 4.69) is 75.1 Å². The number of nitrogens with zero attached hydrogens (tertiary/aromatic N) is 3. The van der Waals surface area contributed by atoms with Crippen LogP contribution < -0.4 is 26.6 Å². The van der Waals surface area contributed by atoms with Crippen LogP contribution in [0.5, 0.6) is 0 Å². The Hall–Kier alpha value is -3.41. The van der Waals surface area contributed by atoms with Crippen molar-refractivity contribution in [1.82, 2.24) is 9.97 Å². The van der Waals surface area contributed by atoms with E-state index in [9.17, 15) is 4.79 Å². The second-order valence-electron chi connectivity index (χ2n) is 8.47. The SMILES string of the molecule is C=c1nc2c(c(=O)[nH]1)=Nc1cc(C)c(NC3CC3)cc1N2CCCCc1ccccc1. The molecule has 5 rings (SSSR count). The molecule has 0 amide bonds. The Morgan fingerprint density at radius 3 is 2.77 bits per heavy atom. The first-order chi connectivity index (χ1) is 15.1. The number of aromatic amines is 1. The van der Waals surface area contributed by atoms with Gasteiger partial charge in [0.1, 0.15) is 5.48 Å². The summed E-state index contributed by atoms with van der Waals surface area (Å²) in [5.74, 6) is 0.599. The summed E-state index contributed by atoms with van der Waals surface area (Å²) < 4.78 is 0. The Morgan fingerprint density at radius 2 is 2.00 bits per heavy atom. The lowest BCUT2D eigenvalue weighted by atomic mass is 10.1. The number of aromatic nitrogens is 2. The molecule has 6 nitrogen and oxygen atoms in total. The molecule has 0 saturated heterocycles. The van der Waals surface area contributed by atoms with Crippen LogP contribution in [0.3, 0.4) is 0 Å². The van der Waals surface area contributed by atoms with E-state index in [-0.39, 0.29) is 5.56 Å². The van der Waals surface area contributed by atoms with Gasteiger partial charge in [0.05, 0.1) is 11.4 Å². The zero-order valence-electron chi connectivity index (χ0n) is 17.8. The highest BCUT2D eigenvalue weighted by Gasteiger charge is 2.26.